The number of aromatic nitrogens is 2. The molecule has 1 aromatic heterocycles. The average Bonchev–Trinajstić information content (AvgIpc) is 2.70. The second-order valence-electron chi connectivity index (χ2n) is 3.75. The SMILES string of the molecule is C[C@H]([C@H](N)C(=O)O)n1ncc2ccccc21. The summed E-state index contributed by atoms with van der Waals surface area (Å²) in [4.78, 5) is 10.8. The molecule has 84 valence electrons. The fourth-order valence-electron chi connectivity index (χ4n) is 1.67. The summed E-state index contributed by atoms with van der Waals surface area (Å²) < 4.78 is 1.65. The molecule has 3 N–H and O–H groups in total. The number of rotatable bonds is 3. The van der Waals surface area contributed by atoms with E-state index in [0.717, 1.165) is 10.9 Å². The third-order valence-corrected chi connectivity index (χ3v) is 2.70. The molecule has 0 aliphatic heterocycles. The average molecular weight is 219 g/mol. The maximum Gasteiger partial charge on any atom is 0.322 e. The van der Waals surface area contributed by atoms with E-state index in [9.17, 15) is 4.79 Å². The predicted octanol–water partition coefficient (Wildman–Crippen LogP) is 1.01. The van der Waals surface area contributed by atoms with E-state index in [0.29, 0.717) is 0 Å². The van der Waals surface area contributed by atoms with Crippen molar-refractivity contribution in [2.24, 2.45) is 5.73 Å². The van der Waals surface area contributed by atoms with Crippen LogP contribution in [0.3, 0.4) is 0 Å². The molecule has 0 unspecified atom stereocenters. The van der Waals surface area contributed by atoms with Crippen molar-refractivity contribution >= 4 is 16.9 Å². The number of benzene rings is 1. The molecule has 0 bridgehead atoms. The summed E-state index contributed by atoms with van der Waals surface area (Å²) in [6, 6.07) is 6.29. The van der Waals surface area contributed by atoms with Crippen LogP contribution in [0.2, 0.25) is 0 Å². The minimum atomic E-state index is -1.02. The van der Waals surface area contributed by atoms with Gasteiger partial charge in [0.15, 0.2) is 0 Å². The third-order valence-electron chi connectivity index (χ3n) is 2.70. The van der Waals surface area contributed by atoms with Crippen molar-refractivity contribution in [1.29, 1.82) is 0 Å². The summed E-state index contributed by atoms with van der Waals surface area (Å²) in [6.07, 6.45) is 1.71. The van der Waals surface area contributed by atoms with Gasteiger partial charge in [-0.1, -0.05) is 18.2 Å². The van der Waals surface area contributed by atoms with Crippen LogP contribution in [0.15, 0.2) is 30.5 Å². The van der Waals surface area contributed by atoms with Crippen molar-refractivity contribution in [2.45, 2.75) is 19.0 Å². The molecule has 2 rings (SSSR count). The van der Waals surface area contributed by atoms with Crippen molar-refractivity contribution < 1.29 is 9.90 Å². The second-order valence-corrected chi connectivity index (χ2v) is 3.75. The summed E-state index contributed by atoms with van der Waals surface area (Å²) in [5.74, 6) is -1.02. The number of carbonyl (C=O) groups is 1. The van der Waals surface area contributed by atoms with Crippen molar-refractivity contribution in [3.8, 4) is 0 Å². The Hall–Kier alpha value is -1.88. The highest BCUT2D eigenvalue weighted by Crippen LogP contribution is 2.18. The lowest BCUT2D eigenvalue weighted by atomic mass is 10.1. The molecule has 0 radical (unpaired) electrons. The van der Waals surface area contributed by atoms with Gasteiger partial charge < -0.3 is 10.8 Å². The van der Waals surface area contributed by atoms with E-state index < -0.39 is 12.0 Å². The number of hydrogen-bond acceptors (Lipinski definition) is 3. The largest absolute Gasteiger partial charge is 0.480 e. The Kier molecular flexibility index (Phi) is 2.62. The van der Waals surface area contributed by atoms with Crippen LogP contribution in [0.25, 0.3) is 10.9 Å². The molecular weight excluding hydrogens is 206 g/mol. The van der Waals surface area contributed by atoms with E-state index in [2.05, 4.69) is 5.10 Å². The highest BCUT2D eigenvalue weighted by atomic mass is 16.4. The number of nitrogens with zero attached hydrogens (tertiary/aromatic N) is 2. The zero-order valence-corrected chi connectivity index (χ0v) is 8.87. The summed E-state index contributed by atoms with van der Waals surface area (Å²) >= 11 is 0. The van der Waals surface area contributed by atoms with Crippen LogP contribution in [0.4, 0.5) is 0 Å². The predicted molar refractivity (Wildman–Crippen MR) is 60.1 cm³/mol. The first-order valence-corrected chi connectivity index (χ1v) is 5.02. The number of fused-ring (bicyclic) bond motifs is 1. The Bertz CT molecular complexity index is 521. The van der Waals surface area contributed by atoms with Crippen LogP contribution in [0.5, 0.6) is 0 Å². The Labute approximate surface area is 92.5 Å². The molecule has 2 atom stereocenters. The fraction of sp³-hybridized carbons (Fsp3) is 0.273. The second kappa shape index (κ2) is 3.94. The van der Waals surface area contributed by atoms with E-state index in [1.165, 1.54) is 0 Å². The van der Waals surface area contributed by atoms with Gasteiger partial charge in [-0.3, -0.25) is 9.48 Å². The molecule has 1 aromatic carbocycles. The molecule has 0 aliphatic rings. The van der Waals surface area contributed by atoms with Gasteiger partial charge in [-0.2, -0.15) is 5.10 Å². The maximum atomic E-state index is 10.8. The molecule has 0 spiro atoms. The van der Waals surface area contributed by atoms with Gasteiger partial charge >= 0.3 is 5.97 Å². The summed E-state index contributed by atoms with van der Waals surface area (Å²) in [5.41, 5.74) is 6.48. The van der Waals surface area contributed by atoms with Gasteiger partial charge in [-0.25, -0.2) is 0 Å². The molecule has 2 aromatic rings. The van der Waals surface area contributed by atoms with Gasteiger partial charge in [0.2, 0.25) is 0 Å². The molecule has 16 heavy (non-hydrogen) atoms. The summed E-state index contributed by atoms with van der Waals surface area (Å²) in [7, 11) is 0. The number of nitrogens with two attached hydrogens (primary N) is 1. The molecule has 5 heteroatoms. The molecule has 0 fully saturated rings. The molecule has 1 heterocycles. The van der Waals surface area contributed by atoms with Gasteiger partial charge in [-0.05, 0) is 13.0 Å². The van der Waals surface area contributed by atoms with Crippen molar-refractivity contribution in [1.82, 2.24) is 9.78 Å². The van der Waals surface area contributed by atoms with Crippen LogP contribution in [-0.4, -0.2) is 26.9 Å². The first kappa shape index (κ1) is 10.6. The number of carboxylic acids is 1. The molecule has 0 saturated heterocycles. The monoisotopic (exact) mass is 219 g/mol. The first-order chi connectivity index (χ1) is 7.61. The Morgan fingerprint density at radius 1 is 1.50 bits per heavy atom. The van der Waals surface area contributed by atoms with Gasteiger partial charge in [0, 0.05) is 5.39 Å². The van der Waals surface area contributed by atoms with Gasteiger partial charge in [-0.15, -0.1) is 0 Å². The van der Waals surface area contributed by atoms with Crippen LogP contribution in [-0.2, 0) is 4.79 Å². The lowest BCUT2D eigenvalue weighted by Crippen LogP contribution is -2.38. The Morgan fingerprint density at radius 3 is 2.88 bits per heavy atom. The van der Waals surface area contributed by atoms with E-state index in [1.807, 2.05) is 24.3 Å². The zero-order chi connectivity index (χ0) is 11.7. The molecule has 0 aliphatic carbocycles. The maximum absolute atomic E-state index is 10.8. The highest BCUT2D eigenvalue weighted by Gasteiger charge is 2.23. The molecule has 0 amide bonds. The third kappa shape index (κ3) is 1.65. The number of aliphatic carboxylic acids is 1. The minimum absolute atomic E-state index is 0.377. The highest BCUT2D eigenvalue weighted by molar-refractivity contribution is 5.79. The van der Waals surface area contributed by atoms with Crippen molar-refractivity contribution in [3.63, 3.8) is 0 Å². The standard InChI is InChI=1S/C11H13N3O2/c1-7(10(12)11(15)16)14-9-5-3-2-4-8(9)6-13-14/h2-7,10H,12H2,1H3,(H,15,16)/t7-,10+/m1/s1. The summed E-state index contributed by atoms with van der Waals surface area (Å²) in [6.45, 7) is 1.75. The first-order valence-electron chi connectivity index (χ1n) is 5.02. The number of carboxylic acid groups (broad SMARTS) is 1. The normalized spacial score (nSPS) is 14.9. The van der Waals surface area contributed by atoms with E-state index in [1.54, 1.807) is 17.8 Å². The van der Waals surface area contributed by atoms with Crippen LogP contribution < -0.4 is 5.73 Å². The van der Waals surface area contributed by atoms with Crippen LogP contribution in [0.1, 0.15) is 13.0 Å². The van der Waals surface area contributed by atoms with Gasteiger partial charge in [0.25, 0.3) is 0 Å². The van der Waals surface area contributed by atoms with Gasteiger partial charge in [0.1, 0.15) is 6.04 Å². The van der Waals surface area contributed by atoms with Crippen molar-refractivity contribution in [3.05, 3.63) is 30.5 Å². The quantitative estimate of drug-likeness (QED) is 0.807. The minimum Gasteiger partial charge on any atom is -0.480 e. The lowest BCUT2D eigenvalue weighted by molar-refractivity contribution is -0.139. The van der Waals surface area contributed by atoms with E-state index in [-0.39, 0.29) is 6.04 Å². The van der Waals surface area contributed by atoms with E-state index in [4.69, 9.17) is 10.8 Å². The summed E-state index contributed by atoms with van der Waals surface area (Å²) in [5, 5.41) is 14.0. The Morgan fingerprint density at radius 2 is 2.19 bits per heavy atom. The molecular formula is C11H13N3O2. The van der Waals surface area contributed by atoms with E-state index >= 15 is 0 Å². The van der Waals surface area contributed by atoms with Crippen LogP contribution in [0, 0.1) is 0 Å². The fourth-order valence-corrected chi connectivity index (χ4v) is 1.67. The van der Waals surface area contributed by atoms with Crippen molar-refractivity contribution in [2.75, 3.05) is 0 Å². The Balaban J connectivity index is 2.44. The lowest BCUT2D eigenvalue weighted by Gasteiger charge is -2.17. The van der Waals surface area contributed by atoms with Gasteiger partial charge in [0.05, 0.1) is 17.8 Å². The molecule has 0 saturated carbocycles. The zero-order valence-electron chi connectivity index (χ0n) is 8.87. The van der Waals surface area contributed by atoms with Crippen LogP contribution >= 0.6 is 0 Å². The topological polar surface area (TPSA) is 81.1 Å². The smallest absolute Gasteiger partial charge is 0.322 e. The number of para-hydroxylation sites is 1. The molecule has 5 nitrogen and oxygen atoms in total. The number of hydrogen-bond donors (Lipinski definition) is 2.